The van der Waals surface area contributed by atoms with Crippen molar-refractivity contribution in [2.75, 3.05) is 26.2 Å². The lowest BCUT2D eigenvalue weighted by atomic mass is 9.73. The molecule has 17 heavy (non-hydrogen) atoms. The second-order valence-electron chi connectivity index (χ2n) is 6.71. The average Bonchev–Trinajstić information content (AvgIpc) is 3.17. The molecular formula is C15H28N2. The van der Waals surface area contributed by atoms with E-state index in [9.17, 15) is 0 Å². The largest absolute Gasteiger partial charge is 0.317 e. The summed E-state index contributed by atoms with van der Waals surface area (Å²) in [5.41, 5.74) is 0. The predicted octanol–water partition coefficient (Wildman–Crippen LogP) is 2.26. The highest BCUT2D eigenvalue weighted by atomic mass is 14.9. The molecule has 2 heterocycles. The molecule has 1 saturated carbocycles. The predicted molar refractivity (Wildman–Crippen MR) is 71.9 cm³/mol. The van der Waals surface area contributed by atoms with Gasteiger partial charge in [-0.3, -0.25) is 0 Å². The van der Waals surface area contributed by atoms with Crippen molar-refractivity contribution in [1.82, 2.24) is 10.6 Å². The van der Waals surface area contributed by atoms with Crippen molar-refractivity contribution in [2.24, 2.45) is 29.6 Å². The molecule has 3 fully saturated rings. The first kappa shape index (κ1) is 12.0. The van der Waals surface area contributed by atoms with E-state index in [2.05, 4.69) is 17.6 Å². The minimum atomic E-state index is 0.956. The molecule has 98 valence electrons. The molecule has 3 aliphatic rings. The van der Waals surface area contributed by atoms with E-state index in [1.807, 2.05) is 0 Å². The van der Waals surface area contributed by atoms with Crippen molar-refractivity contribution >= 4 is 0 Å². The van der Waals surface area contributed by atoms with Crippen LogP contribution in [0.15, 0.2) is 0 Å². The highest BCUT2D eigenvalue weighted by Gasteiger charge is 2.40. The van der Waals surface area contributed by atoms with Crippen LogP contribution in [-0.2, 0) is 0 Å². The molecule has 2 heteroatoms. The molecule has 2 N–H and O–H groups in total. The van der Waals surface area contributed by atoms with E-state index < -0.39 is 0 Å². The Balaban J connectivity index is 1.53. The van der Waals surface area contributed by atoms with Crippen LogP contribution in [0.2, 0.25) is 0 Å². The summed E-state index contributed by atoms with van der Waals surface area (Å²) in [5.74, 6) is 5.00. The van der Waals surface area contributed by atoms with Crippen molar-refractivity contribution in [3.05, 3.63) is 0 Å². The SMILES string of the molecule is CC1C(CC2CCNCC2)CNCC1C1CC1. The monoisotopic (exact) mass is 236 g/mol. The lowest BCUT2D eigenvalue weighted by Gasteiger charge is -2.39. The average molecular weight is 236 g/mol. The van der Waals surface area contributed by atoms with Gasteiger partial charge in [0.1, 0.15) is 0 Å². The zero-order chi connectivity index (χ0) is 11.7. The Bertz CT molecular complexity index is 243. The van der Waals surface area contributed by atoms with Gasteiger partial charge in [-0.15, -0.1) is 0 Å². The maximum atomic E-state index is 3.71. The summed E-state index contributed by atoms with van der Waals surface area (Å²) in [5, 5.41) is 7.20. The van der Waals surface area contributed by atoms with Crippen LogP contribution in [0.1, 0.15) is 39.0 Å². The van der Waals surface area contributed by atoms with Crippen LogP contribution in [0.5, 0.6) is 0 Å². The maximum Gasteiger partial charge on any atom is -0.00151 e. The van der Waals surface area contributed by atoms with Crippen molar-refractivity contribution in [3.63, 3.8) is 0 Å². The number of hydrogen-bond donors (Lipinski definition) is 2. The van der Waals surface area contributed by atoms with Crippen LogP contribution in [0, 0.1) is 29.6 Å². The van der Waals surface area contributed by atoms with E-state index in [0.29, 0.717) is 0 Å². The molecule has 3 rings (SSSR count). The van der Waals surface area contributed by atoms with Gasteiger partial charge in [0.2, 0.25) is 0 Å². The Morgan fingerprint density at radius 2 is 1.71 bits per heavy atom. The minimum Gasteiger partial charge on any atom is -0.317 e. The van der Waals surface area contributed by atoms with E-state index in [0.717, 1.165) is 29.6 Å². The first-order valence-corrected chi connectivity index (χ1v) is 7.76. The van der Waals surface area contributed by atoms with Crippen molar-refractivity contribution < 1.29 is 0 Å². The molecule has 0 amide bonds. The second-order valence-corrected chi connectivity index (χ2v) is 6.71. The third-order valence-electron chi connectivity index (χ3n) is 5.53. The summed E-state index contributed by atoms with van der Waals surface area (Å²) < 4.78 is 0. The molecule has 1 aliphatic carbocycles. The molecule has 3 atom stereocenters. The van der Waals surface area contributed by atoms with Gasteiger partial charge in [0, 0.05) is 0 Å². The molecule has 0 radical (unpaired) electrons. The topological polar surface area (TPSA) is 24.1 Å². The van der Waals surface area contributed by atoms with Crippen LogP contribution >= 0.6 is 0 Å². The van der Waals surface area contributed by atoms with E-state index in [1.165, 1.54) is 58.3 Å². The first-order valence-electron chi connectivity index (χ1n) is 7.76. The van der Waals surface area contributed by atoms with E-state index in [1.54, 1.807) is 0 Å². The van der Waals surface area contributed by atoms with Crippen LogP contribution in [-0.4, -0.2) is 26.2 Å². The molecule has 3 unspecified atom stereocenters. The summed E-state index contributed by atoms with van der Waals surface area (Å²) in [6, 6.07) is 0. The molecule has 0 spiro atoms. The first-order chi connectivity index (χ1) is 8.34. The van der Waals surface area contributed by atoms with E-state index in [4.69, 9.17) is 0 Å². The molecule has 0 bridgehead atoms. The third kappa shape index (κ3) is 2.85. The Morgan fingerprint density at radius 3 is 2.41 bits per heavy atom. The summed E-state index contributed by atoms with van der Waals surface area (Å²) in [6.45, 7) is 7.63. The maximum absolute atomic E-state index is 3.71. The lowest BCUT2D eigenvalue weighted by molar-refractivity contribution is 0.134. The van der Waals surface area contributed by atoms with Gasteiger partial charge in [-0.25, -0.2) is 0 Å². The number of nitrogens with one attached hydrogen (secondary N) is 2. The summed E-state index contributed by atoms with van der Waals surface area (Å²) in [6.07, 6.45) is 7.33. The summed E-state index contributed by atoms with van der Waals surface area (Å²) in [4.78, 5) is 0. The van der Waals surface area contributed by atoms with Gasteiger partial charge in [0.05, 0.1) is 0 Å². The molecule has 0 aromatic carbocycles. The zero-order valence-corrected chi connectivity index (χ0v) is 11.3. The molecular weight excluding hydrogens is 208 g/mol. The number of piperidine rings is 2. The van der Waals surface area contributed by atoms with E-state index in [-0.39, 0.29) is 0 Å². The fourth-order valence-electron chi connectivity index (χ4n) is 4.12. The highest BCUT2D eigenvalue weighted by molar-refractivity contribution is 4.92. The molecule has 2 saturated heterocycles. The highest BCUT2D eigenvalue weighted by Crippen LogP contribution is 2.44. The van der Waals surface area contributed by atoms with Gasteiger partial charge in [-0.2, -0.15) is 0 Å². The van der Waals surface area contributed by atoms with E-state index >= 15 is 0 Å². The minimum absolute atomic E-state index is 0.956. The summed E-state index contributed by atoms with van der Waals surface area (Å²) >= 11 is 0. The van der Waals surface area contributed by atoms with Gasteiger partial charge in [0.25, 0.3) is 0 Å². The molecule has 0 aromatic heterocycles. The lowest BCUT2D eigenvalue weighted by Crippen LogP contribution is -2.44. The Labute approximate surface area is 106 Å². The van der Waals surface area contributed by atoms with Gasteiger partial charge < -0.3 is 10.6 Å². The molecule has 2 nitrogen and oxygen atoms in total. The van der Waals surface area contributed by atoms with Gasteiger partial charge >= 0.3 is 0 Å². The third-order valence-corrected chi connectivity index (χ3v) is 5.53. The van der Waals surface area contributed by atoms with Crippen LogP contribution in [0.25, 0.3) is 0 Å². The number of rotatable bonds is 3. The van der Waals surface area contributed by atoms with Crippen molar-refractivity contribution in [1.29, 1.82) is 0 Å². The Hall–Kier alpha value is -0.0800. The smallest absolute Gasteiger partial charge is 0.00151 e. The number of hydrogen-bond acceptors (Lipinski definition) is 2. The van der Waals surface area contributed by atoms with Crippen molar-refractivity contribution in [3.8, 4) is 0 Å². The normalized spacial score (nSPS) is 40.4. The summed E-state index contributed by atoms with van der Waals surface area (Å²) in [7, 11) is 0. The quantitative estimate of drug-likeness (QED) is 0.785. The van der Waals surface area contributed by atoms with Crippen molar-refractivity contribution in [2.45, 2.75) is 39.0 Å². The Morgan fingerprint density at radius 1 is 0.941 bits per heavy atom. The fourth-order valence-corrected chi connectivity index (χ4v) is 4.12. The second kappa shape index (κ2) is 5.27. The van der Waals surface area contributed by atoms with Crippen LogP contribution < -0.4 is 10.6 Å². The van der Waals surface area contributed by atoms with Crippen LogP contribution in [0.3, 0.4) is 0 Å². The van der Waals surface area contributed by atoms with Gasteiger partial charge in [-0.1, -0.05) is 6.92 Å². The fraction of sp³-hybridized carbons (Fsp3) is 1.00. The molecule has 0 aromatic rings. The Kier molecular flexibility index (Phi) is 3.72. The standard InChI is InChI=1S/C15H28N2/c1-11-14(8-12-4-6-16-7-5-12)9-17-10-15(11)13-2-3-13/h11-17H,2-10H2,1H3. The van der Waals surface area contributed by atoms with Crippen LogP contribution in [0.4, 0.5) is 0 Å². The van der Waals surface area contributed by atoms with Gasteiger partial charge in [-0.05, 0) is 87.9 Å². The van der Waals surface area contributed by atoms with Gasteiger partial charge in [0.15, 0.2) is 0 Å². The zero-order valence-electron chi connectivity index (χ0n) is 11.3. The molecule has 2 aliphatic heterocycles.